The lowest BCUT2D eigenvalue weighted by Crippen LogP contribution is -2.18. The van der Waals surface area contributed by atoms with E-state index in [1.807, 2.05) is 95.8 Å². The van der Waals surface area contributed by atoms with Gasteiger partial charge in [0.2, 0.25) is 5.91 Å². The molecule has 0 radical (unpaired) electrons. The second-order valence-corrected chi connectivity index (χ2v) is 7.27. The van der Waals surface area contributed by atoms with E-state index in [0.717, 1.165) is 38.8 Å². The minimum atomic E-state index is -0.0713. The van der Waals surface area contributed by atoms with Gasteiger partial charge in [-0.25, -0.2) is 0 Å². The number of carbonyl (C=O) groups is 1. The van der Waals surface area contributed by atoms with E-state index in [1.165, 1.54) is 0 Å². The molecule has 148 valence electrons. The molecule has 0 aliphatic carbocycles. The lowest BCUT2D eigenvalue weighted by atomic mass is 10.2. The Morgan fingerprint density at radius 1 is 0.933 bits per heavy atom. The minimum Gasteiger partial charge on any atom is -0.489 e. The number of amides is 1. The van der Waals surface area contributed by atoms with Crippen LogP contribution in [0.15, 0.2) is 91.3 Å². The molecular weight excluding hydrogens is 374 g/mol. The Hall–Kier alpha value is -3.99. The van der Waals surface area contributed by atoms with Crippen LogP contribution >= 0.6 is 0 Å². The van der Waals surface area contributed by atoms with E-state index in [4.69, 9.17) is 4.74 Å². The summed E-state index contributed by atoms with van der Waals surface area (Å²) >= 11 is 0. The van der Waals surface area contributed by atoms with Gasteiger partial charge in [0.25, 0.3) is 0 Å². The standard InChI is InChI=1S/C25H21N3O2/c29-25(27-21-7-9-23-20(14-21)10-12-26-23)16-28-13-11-19-6-8-22(15-24(19)28)30-17-18-4-2-1-3-5-18/h1-15,26H,16-17H2,(H,27,29). The third-order valence-corrected chi connectivity index (χ3v) is 5.14. The first-order valence-corrected chi connectivity index (χ1v) is 9.87. The number of benzene rings is 3. The maximum absolute atomic E-state index is 12.6. The Morgan fingerprint density at radius 2 is 1.83 bits per heavy atom. The first-order valence-electron chi connectivity index (χ1n) is 9.87. The van der Waals surface area contributed by atoms with Crippen molar-refractivity contribution in [3.8, 4) is 5.75 Å². The number of anilines is 1. The normalized spacial score (nSPS) is 11.1. The number of nitrogens with one attached hydrogen (secondary N) is 2. The van der Waals surface area contributed by atoms with Crippen molar-refractivity contribution in [2.45, 2.75) is 13.2 Å². The quantitative estimate of drug-likeness (QED) is 0.408. The minimum absolute atomic E-state index is 0.0713. The number of carbonyl (C=O) groups excluding carboxylic acids is 1. The van der Waals surface area contributed by atoms with Crippen LogP contribution in [0.4, 0.5) is 5.69 Å². The summed E-state index contributed by atoms with van der Waals surface area (Å²) in [5, 5.41) is 5.12. The first-order chi connectivity index (χ1) is 14.7. The van der Waals surface area contributed by atoms with E-state index in [9.17, 15) is 4.79 Å². The Morgan fingerprint density at radius 3 is 2.73 bits per heavy atom. The molecule has 1 amide bonds. The summed E-state index contributed by atoms with van der Waals surface area (Å²) in [6.07, 6.45) is 3.82. The van der Waals surface area contributed by atoms with Gasteiger partial charge >= 0.3 is 0 Å². The molecular formula is C25H21N3O2. The third kappa shape index (κ3) is 3.78. The van der Waals surface area contributed by atoms with Crippen molar-refractivity contribution in [2.75, 3.05) is 5.32 Å². The van der Waals surface area contributed by atoms with E-state index in [1.54, 1.807) is 0 Å². The van der Waals surface area contributed by atoms with Gasteiger partial charge in [-0.1, -0.05) is 30.3 Å². The molecule has 0 atom stereocenters. The van der Waals surface area contributed by atoms with Gasteiger partial charge in [-0.05, 0) is 53.4 Å². The molecule has 2 aromatic heterocycles. The Kier molecular flexibility index (Phi) is 4.69. The van der Waals surface area contributed by atoms with E-state index >= 15 is 0 Å². The summed E-state index contributed by atoms with van der Waals surface area (Å²) in [6.45, 7) is 0.742. The molecule has 0 spiro atoms. The van der Waals surface area contributed by atoms with Crippen LogP contribution < -0.4 is 10.1 Å². The molecule has 30 heavy (non-hydrogen) atoms. The Bertz CT molecular complexity index is 1320. The molecule has 0 aliphatic rings. The fourth-order valence-electron chi connectivity index (χ4n) is 3.62. The van der Waals surface area contributed by atoms with E-state index < -0.39 is 0 Å². The van der Waals surface area contributed by atoms with Crippen LogP contribution in [-0.2, 0) is 17.9 Å². The van der Waals surface area contributed by atoms with Crippen LogP contribution in [0.5, 0.6) is 5.75 Å². The smallest absolute Gasteiger partial charge is 0.244 e. The molecule has 3 aromatic carbocycles. The maximum Gasteiger partial charge on any atom is 0.244 e. The average Bonchev–Trinajstić information content (AvgIpc) is 3.39. The summed E-state index contributed by atoms with van der Waals surface area (Å²) in [4.78, 5) is 15.8. The molecule has 0 bridgehead atoms. The maximum atomic E-state index is 12.6. The van der Waals surface area contributed by atoms with Gasteiger partial charge in [-0.3, -0.25) is 4.79 Å². The summed E-state index contributed by atoms with van der Waals surface area (Å²) in [5.41, 5.74) is 3.92. The second kappa shape index (κ2) is 7.79. The Balaban J connectivity index is 1.30. The number of hydrogen-bond donors (Lipinski definition) is 2. The number of aromatic amines is 1. The van der Waals surface area contributed by atoms with E-state index in [-0.39, 0.29) is 12.5 Å². The van der Waals surface area contributed by atoms with Crippen molar-refractivity contribution in [3.63, 3.8) is 0 Å². The number of ether oxygens (including phenoxy) is 1. The van der Waals surface area contributed by atoms with Gasteiger partial charge in [0, 0.05) is 35.1 Å². The number of hydrogen-bond acceptors (Lipinski definition) is 2. The molecule has 0 saturated carbocycles. The third-order valence-electron chi connectivity index (χ3n) is 5.14. The molecule has 0 saturated heterocycles. The van der Waals surface area contributed by atoms with Gasteiger partial charge in [0.1, 0.15) is 18.9 Å². The van der Waals surface area contributed by atoms with Crippen molar-refractivity contribution < 1.29 is 9.53 Å². The van der Waals surface area contributed by atoms with Crippen LogP contribution in [0.25, 0.3) is 21.8 Å². The van der Waals surface area contributed by atoms with Crippen molar-refractivity contribution in [2.24, 2.45) is 0 Å². The van der Waals surface area contributed by atoms with Crippen LogP contribution in [-0.4, -0.2) is 15.5 Å². The number of nitrogens with zero attached hydrogens (tertiary/aromatic N) is 1. The highest BCUT2D eigenvalue weighted by Crippen LogP contribution is 2.23. The van der Waals surface area contributed by atoms with Crippen molar-refractivity contribution in [3.05, 3.63) is 96.8 Å². The molecule has 0 fully saturated rings. The molecule has 0 unspecified atom stereocenters. The summed E-state index contributed by atoms with van der Waals surface area (Å²) in [6, 6.07) is 25.9. The largest absolute Gasteiger partial charge is 0.489 e. The fraction of sp³-hybridized carbons (Fsp3) is 0.0800. The average molecular weight is 395 g/mol. The number of fused-ring (bicyclic) bond motifs is 2. The highest BCUT2D eigenvalue weighted by molar-refractivity contribution is 5.94. The predicted molar refractivity (Wildman–Crippen MR) is 120 cm³/mol. The number of rotatable bonds is 6. The number of aromatic nitrogens is 2. The van der Waals surface area contributed by atoms with Crippen molar-refractivity contribution >= 4 is 33.4 Å². The monoisotopic (exact) mass is 395 g/mol. The second-order valence-electron chi connectivity index (χ2n) is 7.27. The molecule has 0 aliphatic heterocycles. The van der Waals surface area contributed by atoms with Crippen LogP contribution in [0, 0.1) is 0 Å². The van der Waals surface area contributed by atoms with Gasteiger partial charge in [-0.2, -0.15) is 0 Å². The summed E-state index contributed by atoms with van der Waals surface area (Å²) in [7, 11) is 0. The summed E-state index contributed by atoms with van der Waals surface area (Å²) < 4.78 is 7.88. The SMILES string of the molecule is O=C(Cn1ccc2ccc(OCc3ccccc3)cc21)Nc1ccc2[nH]ccc2c1. The van der Waals surface area contributed by atoms with Gasteiger partial charge < -0.3 is 19.6 Å². The highest BCUT2D eigenvalue weighted by Gasteiger charge is 2.09. The van der Waals surface area contributed by atoms with Gasteiger partial charge in [0.15, 0.2) is 0 Å². The lowest BCUT2D eigenvalue weighted by molar-refractivity contribution is -0.116. The molecule has 5 nitrogen and oxygen atoms in total. The molecule has 5 heteroatoms. The summed E-state index contributed by atoms with van der Waals surface area (Å²) in [5.74, 6) is 0.711. The first kappa shape index (κ1) is 18.1. The van der Waals surface area contributed by atoms with Crippen LogP contribution in [0.1, 0.15) is 5.56 Å². The zero-order valence-corrected chi connectivity index (χ0v) is 16.3. The molecule has 2 heterocycles. The highest BCUT2D eigenvalue weighted by atomic mass is 16.5. The Labute approximate surface area is 173 Å². The zero-order chi connectivity index (χ0) is 20.3. The lowest BCUT2D eigenvalue weighted by Gasteiger charge is -2.10. The topological polar surface area (TPSA) is 59.0 Å². The van der Waals surface area contributed by atoms with Crippen molar-refractivity contribution in [1.29, 1.82) is 0 Å². The number of H-pyrrole nitrogens is 1. The zero-order valence-electron chi connectivity index (χ0n) is 16.3. The molecule has 2 N–H and O–H groups in total. The van der Waals surface area contributed by atoms with Gasteiger partial charge in [0.05, 0.1) is 5.52 Å². The molecule has 5 rings (SSSR count). The van der Waals surface area contributed by atoms with Crippen LogP contribution in [0.2, 0.25) is 0 Å². The fourth-order valence-corrected chi connectivity index (χ4v) is 3.62. The van der Waals surface area contributed by atoms with Gasteiger partial charge in [-0.15, -0.1) is 0 Å². The van der Waals surface area contributed by atoms with Crippen molar-refractivity contribution in [1.82, 2.24) is 9.55 Å². The van der Waals surface area contributed by atoms with Crippen LogP contribution in [0.3, 0.4) is 0 Å². The predicted octanol–water partition coefficient (Wildman–Crippen LogP) is 5.34. The molecule has 5 aromatic rings. The van der Waals surface area contributed by atoms with E-state index in [0.29, 0.717) is 6.61 Å². The van der Waals surface area contributed by atoms with E-state index in [2.05, 4.69) is 10.3 Å².